The first-order chi connectivity index (χ1) is 25.3. The van der Waals surface area contributed by atoms with Crippen molar-refractivity contribution in [3.63, 3.8) is 0 Å². The van der Waals surface area contributed by atoms with E-state index in [1.54, 1.807) is 0 Å². The third kappa shape index (κ3) is 4.17. The molecule has 11 rings (SSSR count). The lowest BCUT2D eigenvalue weighted by Crippen LogP contribution is -2.09. The minimum Gasteiger partial charge on any atom is -0.306 e. The normalized spacial score (nSPS) is 12.5. The van der Waals surface area contributed by atoms with E-state index < -0.39 is 0 Å². The molecule has 1 aliphatic carbocycles. The molecule has 0 N–H and O–H groups in total. The van der Waals surface area contributed by atoms with Gasteiger partial charge in [0.05, 0.1) is 39.1 Å². The molecule has 0 spiro atoms. The Hall–Kier alpha value is -6.65. The van der Waals surface area contributed by atoms with E-state index in [-0.39, 0.29) is 0 Å². The van der Waals surface area contributed by atoms with Crippen LogP contribution in [0.5, 0.6) is 0 Å². The van der Waals surface area contributed by atoms with Crippen molar-refractivity contribution in [2.75, 3.05) is 0 Å². The second kappa shape index (κ2) is 10.9. The molecular formula is C47H30N4. The third-order valence-electron chi connectivity index (χ3n) is 10.8. The average Bonchev–Trinajstić information content (AvgIpc) is 3.60. The van der Waals surface area contributed by atoms with Gasteiger partial charge in [-0.05, 0) is 104 Å². The lowest BCUT2D eigenvalue weighted by Gasteiger charge is -2.23. The fourth-order valence-electron chi connectivity index (χ4n) is 8.55. The van der Waals surface area contributed by atoms with Gasteiger partial charge in [0.25, 0.3) is 0 Å². The smallest absolute Gasteiger partial charge is 0.0950 e. The van der Waals surface area contributed by atoms with Crippen LogP contribution in [0.4, 0.5) is 0 Å². The molecule has 10 aromatic rings. The Morgan fingerprint density at radius 2 is 1.10 bits per heavy atom. The SMILES string of the molecule is c1cnc2c(c1)CCc1c(-c3c4ccccc4c(-c4ccc(-c5nc6ccccc6n6c5cc5ccccc56)cc4)c4ccccc34)ccnc1-2. The number of rotatable bonds is 3. The number of para-hydroxylation sites is 3. The Morgan fingerprint density at radius 3 is 1.88 bits per heavy atom. The highest BCUT2D eigenvalue weighted by Gasteiger charge is 2.24. The van der Waals surface area contributed by atoms with Crippen LogP contribution in [0.3, 0.4) is 0 Å². The number of nitrogens with zero attached hydrogens (tertiary/aromatic N) is 4. The molecule has 4 heterocycles. The van der Waals surface area contributed by atoms with E-state index in [9.17, 15) is 0 Å². The Kier molecular flexibility index (Phi) is 6.05. The second-order valence-electron chi connectivity index (χ2n) is 13.5. The lowest BCUT2D eigenvalue weighted by atomic mass is 9.82. The van der Waals surface area contributed by atoms with E-state index in [0.717, 1.165) is 52.0 Å². The van der Waals surface area contributed by atoms with Crippen molar-refractivity contribution < 1.29 is 0 Å². The first-order valence-corrected chi connectivity index (χ1v) is 17.6. The van der Waals surface area contributed by atoms with Crippen molar-refractivity contribution in [2.45, 2.75) is 12.8 Å². The monoisotopic (exact) mass is 650 g/mol. The number of benzene rings is 6. The average molecular weight is 651 g/mol. The zero-order valence-corrected chi connectivity index (χ0v) is 27.7. The first kappa shape index (κ1) is 28.2. The van der Waals surface area contributed by atoms with E-state index in [1.807, 2.05) is 18.5 Å². The van der Waals surface area contributed by atoms with Gasteiger partial charge in [0, 0.05) is 23.3 Å². The summed E-state index contributed by atoms with van der Waals surface area (Å²) in [7, 11) is 0. The molecule has 0 saturated carbocycles. The molecule has 51 heavy (non-hydrogen) atoms. The molecule has 1 aliphatic rings. The Balaban J connectivity index is 1.12. The quantitative estimate of drug-likeness (QED) is 0.179. The number of pyridine rings is 2. The van der Waals surface area contributed by atoms with Crippen LogP contribution >= 0.6 is 0 Å². The van der Waals surface area contributed by atoms with Crippen LogP contribution < -0.4 is 0 Å². The summed E-state index contributed by atoms with van der Waals surface area (Å²) in [5.41, 5.74) is 16.0. The minimum absolute atomic E-state index is 0.941. The Morgan fingerprint density at radius 1 is 0.451 bits per heavy atom. The zero-order valence-electron chi connectivity index (χ0n) is 27.7. The molecule has 0 amide bonds. The van der Waals surface area contributed by atoms with Crippen molar-refractivity contribution in [3.8, 4) is 44.9 Å². The number of hydrogen-bond acceptors (Lipinski definition) is 3. The van der Waals surface area contributed by atoms with Crippen LogP contribution in [0, 0.1) is 0 Å². The van der Waals surface area contributed by atoms with Gasteiger partial charge in [-0.25, -0.2) is 4.98 Å². The molecule has 6 aromatic carbocycles. The van der Waals surface area contributed by atoms with Gasteiger partial charge < -0.3 is 4.40 Å². The lowest BCUT2D eigenvalue weighted by molar-refractivity contribution is 0.915. The van der Waals surface area contributed by atoms with Crippen molar-refractivity contribution in [1.82, 2.24) is 19.4 Å². The highest BCUT2D eigenvalue weighted by Crippen LogP contribution is 2.46. The Labute approximate surface area is 294 Å². The number of aryl methyl sites for hydroxylation is 1. The fourth-order valence-corrected chi connectivity index (χ4v) is 8.55. The van der Waals surface area contributed by atoms with Crippen molar-refractivity contribution >= 4 is 49.0 Å². The van der Waals surface area contributed by atoms with E-state index in [1.165, 1.54) is 65.8 Å². The van der Waals surface area contributed by atoms with Gasteiger partial charge in [-0.2, -0.15) is 0 Å². The molecule has 0 saturated heterocycles. The summed E-state index contributed by atoms with van der Waals surface area (Å²) in [6.45, 7) is 0. The van der Waals surface area contributed by atoms with E-state index in [4.69, 9.17) is 15.0 Å². The molecule has 0 fully saturated rings. The van der Waals surface area contributed by atoms with Crippen molar-refractivity contribution in [3.05, 3.63) is 169 Å². The van der Waals surface area contributed by atoms with Gasteiger partial charge in [-0.15, -0.1) is 0 Å². The number of fused-ring (bicyclic) bond motifs is 10. The summed E-state index contributed by atoms with van der Waals surface area (Å²) in [5, 5.41) is 6.18. The molecule has 0 aliphatic heterocycles. The van der Waals surface area contributed by atoms with Gasteiger partial charge in [-0.3, -0.25) is 9.97 Å². The van der Waals surface area contributed by atoms with Gasteiger partial charge in [0.15, 0.2) is 0 Å². The summed E-state index contributed by atoms with van der Waals surface area (Å²) in [6.07, 6.45) is 5.75. The van der Waals surface area contributed by atoms with Gasteiger partial charge in [0.1, 0.15) is 0 Å². The van der Waals surface area contributed by atoms with E-state index in [2.05, 4.69) is 144 Å². The maximum atomic E-state index is 5.24. The largest absolute Gasteiger partial charge is 0.306 e. The van der Waals surface area contributed by atoms with Crippen LogP contribution in [0.1, 0.15) is 11.1 Å². The second-order valence-corrected chi connectivity index (χ2v) is 13.5. The van der Waals surface area contributed by atoms with Crippen LogP contribution in [-0.4, -0.2) is 19.4 Å². The minimum atomic E-state index is 0.941. The first-order valence-electron chi connectivity index (χ1n) is 17.6. The highest BCUT2D eigenvalue weighted by atomic mass is 14.9. The standard InChI is InChI=1S/C47H30N4/c1-7-17-40-32(10-1)28-42-45(50-39-16-6-8-18-41(39)51(40)42)31-21-19-29(20-22-31)43-33-12-2-4-14-35(33)44(36-15-5-3-13-34(36)43)37-25-27-49-47-38(37)24-23-30-11-9-26-48-46(30)47/h1-22,25-28H,23-24H2. The highest BCUT2D eigenvalue weighted by molar-refractivity contribution is 6.21. The molecule has 0 unspecified atom stereocenters. The molecule has 238 valence electrons. The van der Waals surface area contributed by atoms with E-state index in [0.29, 0.717) is 0 Å². The number of aromatic nitrogens is 4. The van der Waals surface area contributed by atoms with Crippen LogP contribution in [-0.2, 0) is 12.8 Å². The maximum Gasteiger partial charge on any atom is 0.0950 e. The third-order valence-corrected chi connectivity index (χ3v) is 10.8. The van der Waals surface area contributed by atoms with Crippen LogP contribution in [0.2, 0.25) is 0 Å². The molecule has 4 aromatic heterocycles. The molecule has 4 nitrogen and oxygen atoms in total. The summed E-state index contributed by atoms with van der Waals surface area (Å²) < 4.78 is 2.35. The molecule has 0 radical (unpaired) electrons. The summed E-state index contributed by atoms with van der Waals surface area (Å²) in [4.78, 5) is 14.9. The molecular weight excluding hydrogens is 621 g/mol. The van der Waals surface area contributed by atoms with Crippen LogP contribution in [0.15, 0.2) is 158 Å². The predicted octanol–water partition coefficient (Wildman–Crippen LogP) is 11.5. The molecule has 0 atom stereocenters. The van der Waals surface area contributed by atoms with Gasteiger partial charge >= 0.3 is 0 Å². The van der Waals surface area contributed by atoms with E-state index >= 15 is 0 Å². The topological polar surface area (TPSA) is 43.1 Å². The van der Waals surface area contributed by atoms with Crippen molar-refractivity contribution in [2.24, 2.45) is 0 Å². The predicted molar refractivity (Wildman–Crippen MR) is 210 cm³/mol. The van der Waals surface area contributed by atoms with Gasteiger partial charge in [0.2, 0.25) is 0 Å². The summed E-state index contributed by atoms with van der Waals surface area (Å²) in [6, 6.07) is 52.5. The molecule has 0 bridgehead atoms. The van der Waals surface area contributed by atoms with Crippen molar-refractivity contribution in [1.29, 1.82) is 0 Å². The maximum absolute atomic E-state index is 5.24. The number of hydrogen-bond donors (Lipinski definition) is 0. The van der Waals surface area contributed by atoms with Gasteiger partial charge in [-0.1, -0.05) is 109 Å². The fraction of sp³-hybridized carbons (Fsp3) is 0.0426. The Bertz CT molecular complexity index is 2970. The summed E-state index contributed by atoms with van der Waals surface area (Å²) >= 11 is 0. The molecule has 4 heteroatoms. The zero-order chi connectivity index (χ0) is 33.5. The van der Waals surface area contributed by atoms with Crippen LogP contribution in [0.25, 0.3) is 93.9 Å². The summed E-state index contributed by atoms with van der Waals surface area (Å²) in [5.74, 6) is 0.